The lowest BCUT2D eigenvalue weighted by molar-refractivity contribution is -0.209. The second kappa shape index (κ2) is 9.38. The molecule has 0 amide bonds. The SMILES string of the molecule is C[C@]12CC[C@H](OC(=O)/C=C/C=C/N=[N+]=[N-])C[C@H]1CC[C@@H]1[C@@H]2CC[C@]2(C)[C@@H](C3=CC(=O)OC3)CC[C@]12O. The molecule has 8 nitrogen and oxygen atoms in total. The summed E-state index contributed by atoms with van der Waals surface area (Å²) >= 11 is 0. The fourth-order valence-electron chi connectivity index (χ4n) is 8.93. The Kier molecular flexibility index (Phi) is 6.54. The number of nitrogens with zero attached hydrogens (tertiary/aromatic N) is 3. The van der Waals surface area contributed by atoms with Crippen LogP contribution in [0.3, 0.4) is 0 Å². The van der Waals surface area contributed by atoms with E-state index in [4.69, 9.17) is 15.0 Å². The number of carbonyl (C=O) groups is 2. The number of carbonyl (C=O) groups excluding carboxylic acids is 2. The Morgan fingerprint density at radius 2 is 2.00 bits per heavy atom. The monoisotopic (exact) mass is 495 g/mol. The largest absolute Gasteiger partial charge is 0.459 e. The molecule has 194 valence electrons. The van der Waals surface area contributed by atoms with Crippen molar-refractivity contribution in [1.29, 1.82) is 0 Å². The van der Waals surface area contributed by atoms with Crippen molar-refractivity contribution in [2.24, 2.45) is 39.6 Å². The Morgan fingerprint density at radius 3 is 2.75 bits per heavy atom. The van der Waals surface area contributed by atoms with Crippen molar-refractivity contribution >= 4 is 11.9 Å². The number of hydrogen-bond donors (Lipinski definition) is 1. The molecule has 1 heterocycles. The first kappa shape index (κ1) is 25.1. The van der Waals surface area contributed by atoms with Gasteiger partial charge in [-0.1, -0.05) is 31.1 Å². The van der Waals surface area contributed by atoms with Crippen LogP contribution in [0.25, 0.3) is 10.4 Å². The summed E-state index contributed by atoms with van der Waals surface area (Å²) < 4.78 is 11.0. The summed E-state index contributed by atoms with van der Waals surface area (Å²) in [7, 11) is 0. The number of ether oxygens (including phenoxy) is 2. The zero-order valence-electron chi connectivity index (χ0n) is 21.3. The lowest BCUT2D eigenvalue weighted by Crippen LogP contribution is -2.62. The third kappa shape index (κ3) is 3.99. The molecule has 1 N–H and O–H groups in total. The predicted molar refractivity (Wildman–Crippen MR) is 133 cm³/mol. The van der Waals surface area contributed by atoms with Gasteiger partial charge in [-0.3, -0.25) is 0 Å². The highest BCUT2D eigenvalue weighted by Crippen LogP contribution is 2.70. The maximum absolute atomic E-state index is 12.3. The van der Waals surface area contributed by atoms with Crippen LogP contribution in [0.15, 0.2) is 41.2 Å². The smallest absolute Gasteiger partial charge is 0.331 e. The molecule has 0 aromatic carbocycles. The van der Waals surface area contributed by atoms with Gasteiger partial charge in [0.05, 0.1) is 5.60 Å². The van der Waals surface area contributed by atoms with E-state index < -0.39 is 5.60 Å². The van der Waals surface area contributed by atoms with Crippen LogP contribution in [0, 0.1) is 34.5 Å². The minimum absolute atomic E-state index is 0.0856. The van der Waals surface area contributed by atoms with E-state index in [1.54, 1.807) is 6.08 Å². The molecule has 5 rings (SSSR count). The van der Waals surface area contributed by atoms with Crippen LogP contribution in [0.2, 0.25) is 0 Å². The number of fused-ring (bicyclic) bond motifs is 5. The predicted octanol–water partition coefficient (Wildman–Crippen LogP) is 5.54. The lowest BCUT2D eigenvalue weighted by Gasteiger charge is -2.63. The van der Waals surface area contributed by atoms with Crippen LogP contribution in [0.4, 0.5) is 0 Å². The molecule has 0 aromatic rings. The second-order valence-electron chi connectivity index (χ2n) is 12.0. The van der Waals surface area contributed by atoms with Gasteiger partial charge in [-0.15, -0.1) is 0 Å². The van der Waals surface area contributed by atoms with E-state index in [0.29, 0.717) is 18.4 Å². The molecule has 36 heavy (non-hydrogen) atoms. The quantitative estimate of drug-likeness (QED) is 0.134. The van der Waals surface area contributed by atoms with Gasteiger partial charge in [-0.2, -0.15) is 0 Å². The highest BCUT2D eigenvalue weighted by molar-refractivity contribution is 5.85. The third-order valence-corrected chi connectivity index (χ3v) is 10.8. The first-order valence-corrected chi connectivity index (χ1v) is 13.4. The van der Waals surface area contributed by atoms with Crippen LogP contribution in [0.5, 0.6) is 0 Å². The van der Waals surface area contributed by atoms with Gasteiger partial charge in [0.25, 0.3) is 0 Å². The van der Waals surface area contributed by atoms with E-state index in [0.717, 1.165) is 63.4 Å². The summed E-state index contributed by atoms with van der Waals surface area (Å²) in [5.74, 6) is 0.810. The van der Waals surface area contributed by atoms with Gasteiger partial charge in [0.15, 0.2) is 0 Å². The molecule has 5 aliphatic rings. The number of hydrogen-bond acceptors (Lipinski definition) is 6. The Morgan fingerprint density at radius 1 is 1.17 bits per heavy atom. The molecular formula is C28H37N3O5. The summed E-state index contributed by atoms with van der Waals surface area (Å²) in [5.41, 5.74) is 8.56. The number of azide groups is 1. The van der Waals surface area contributed by atoms with Crippen LogP contribution in [-0.4, -0.2) is 35.4 Å². The second-order valence-corrected chi connectivity index (χ2v) is 12.0. The standard InChI is InChI=1S/C28H37N3O5/c1-26-11-8-20(36-24(32)5-3-4-14-30-31-29)16-19(26)6-7-23-22(26)9-12-27(2)21(10-13-28(23,27)34)18-15-25(33)35-17-18/h3-5,14-15,19-23,34H,6-13,16-17H2,1-2H3/b5-3+,14-4+/t19-,20+,21-,22+,23-,26+,27-,28+/m1/s1. The number of allylic oxidation sites excluding steroid dienone is 2. The van der Waals surface area contributed by atoms with E-state index in [1.807, 2.05) is 0 Å². The number of aliphatic hydroxyl groups is 1. The Labute approximate surface area is 212 Å². The summed E-state index contributed by atoms with van der Waals surface area (Å²) in [5, 5.41) is 15.6. The number of rotatable bonds is 5. The van der Waals surface area contributed by atoms with E-state index in [-0.39, 0.29) is 40.7 Å². The minimum Gasteiger partial charge on any atom is -0.459 e. The number of cyclic esters (lactones) is 1. The summed E-state index contributed by atoms with van der Waals surface area (Å²) in [6.45, 7) is 5.05. The molecule has 8 heteroatoms. The van der Waals surface area contributed by atoms with Gasteiger partial charge >= 0.3 is 11.9 Å². The van der Waals surface area contributed by atoms with Gasteiger partial charge in [-0.05, 0) is 98.0 Å². The van der Waals surface area contributed by atoms with Gasteiger partial charge in [-0.25, -0.2) is 9.59 Å². The average Bonchev–Trinajstić information content (AvgIpc) is 3.39. The van der Waals surface area contributed by atoms with Crippen molar-refractivity contribution in [3.8, 4) is 0 Å². The molecule has 4 aliphatic carbocycles. The first-order valence-electron chi connectivity index (χ1n) is 13.4. The van der Waals surface area contributed by atoms with Gasteiger partial charge in [0.1, 0.15) is 12.7 Å². The average molecular weight is 496 g/mol. The maximum atomic E-state index is 12.3. The van der Waals surface area contributed by atoms with Crippen LogP contribution in [0.1, 0.15) is 71.6 Å². The van der Waals surface area contributed by atoms with Gasteiger partial charge in [0.2, 0.25) is 0 Å². The molecule has 0 spiro atoms. The normalized spacial score (nSPS) is 43.8. The molecule has 0 unspecified atom stereocenters. The van der Waals surface area contributed by atoms with Crippen molar-refractivity contribution in [3.05, 3.63) is 46.5 Å². The van der Waals surface area contributed by atoms with Crippen LogP contribution in [-0.2, 0) is 19.1 Å². The zero-order valence-corrected chi connectivity index (χ0v) is 21.3. The molecular weight excluding hydrogens is 458 g/mol. The minimum atomic E-state index is -0.710. The van der Waals surface area contributed by atoms with Crippen molar-refractivity contribution in [2.45, 2.75) is 83.3 Å². The highest BCUT2D eigenvalue weighted by Gasteiger charge is 2.67. The van der Waals surface area contributed by atoms with E-state index in [1.165, 1.54) is 24.4 Å². The lowest BCUT2D eigenvalue weighted by atomic mass is 9.43. The van der Waals surface area contributed by atoms with Crippen LogP contribution < -0.4 is 0 Å². The van der Waals surface area contributed by atoms with Crippen molar-refractivity contribution < 1.29 is 24.2 Å². The summed E-state index contributed by atoms with van der Waals surface area (Å²) in [4.78, 5) is 26.6. The zero-order chi connectivity index (χ0) is 25.6. The van der Waals surface area contributed by atoms with E-state index >= 15 is 0 Å². The van der Waals surface area contributed by atoms with Crippen molar-refractivity contribution in [2.75, 3.05) is 6.61 Å². The third-order valence-electron chi connectivity index (χ3n) is 10.8. The molecule has 4 fully saturated rings. The van der Waals surface area contributed by atoms with Gasteiger partial charge in [0, 0.05) is 28.7 Å². The number of esters is 2. The Bertz CT molecular complexity index is 1060. The Hall–Kier alpha value is -2.57. The molecule has 0 bridgehead atoms. The van der Waals surface area contributed by atoms with Crippen molar-refractivity contribution in [3.63, 3.8) is 0 Å². The van der Waals surface area contributed by atoms with E-state index in [9.17, 15) is 14.7 Å². The van der Waals surface area contributed by atoms with Crippen molar-refractivity contribution in [1.82, 2.24) is 0 Å². The molecule has 4 saturated carbocycles. The highest BCUT2D eigenvalue weighted by atomic mass is 16.5. The fraction of sp³-hybridized carbons (Fsp3) is 0.714. The van der Waals surface area contributed by atoms with E-state index in [2.05, 4.69) is 23.9 Å². The topological polar surface area (TPSA) is 122 Å². The van der Waals surface area contributed by atoms with Crippen LogP contribution >= 0.6 is 0 Å². The molecule has 0 saturated heterocycles. The summed E-state index contributed by atoms with van der Waals surface area (Å²) in [6, 6.07) is 0. The molecule has 1 aliphatic heterocycles. The fourth-order valence-corrected chi connectivity index (χ4v) is 8.93. The summed E-state index contributed by atoms with van der Waals surface area (Å²) in [6.07, 6.45) is 15.8. The maximum Gasteiger partial charge on any atom is 0.331 e. The molecule has 0 radical (unpaired) electrons. The molecule has 0 aromatic heterocycles. The Balaban J connectivity index is 1.27. The first-order chi connectivity index (χ1) is 17.2. The molecule has 8 atom stereocenters. The van der Waals surface area contributed by atoms with Gasteiger partial charge < -0.3 is 14.6 Å².